The number of nitrogens with one attached hydrogen (secondary N) is 2. The Balaban J connectivity index is 1.55. The Labute approximate surface area is 171 Å². The van der Waals surface area contributed by atoms with Gasteiger partial charge >= 0.3 is 0 Å². The molecule has 0 unspecified atom stereocenters. The summed E-state index contributed by atoms with van der Waals surface area (Å²) in [6.45, 7) is 0.855. The van der Waals surface area contributed by atoms with Crippen LogP contribution in [0.1, 0.15) is 24.8 Å². The first-order valence-electron chi connectivity index (χ1n) is 9.66. The number of carbonyl (C=O) groups is 2. The minimum Gasteiger partial charge on any atom is -0.347 e. The molecule has 2 amide bonds. The lowest BCUT2D eigenvalue weighted by Crippen LogP contribution is -2.35. The highest BCUT2D eigenvalue weighted by Gasteiger charge is 2.26. The molecule has 0 aliphatic carbocycles. The van der Waals surface area contributed by atoms with Crippen LogP contribution in [0.2, 0.25) is 0 Å². The molecule has 8 heteroatoms. The summed E-state index contributed by atoms with van der Waals surface area (Å²) in [4.78, 5) is 24.3. The third-order valence-corrected chi connectivity index (χ3v) is 6.62. The summed E-state index contributed by atoms with van der Waals surface area (Å²) in [6.07, 6.45) is 2.95. The van der Waals surface area contributed by atoms with Gasteiger partial charge in [0.2, 0.25) is 21.8 Å². The monoisotopic (exact) mass is 415 g/mol. The molecule has 1 aliphatic rings. The molecule has 0 radical (unpaired) electrons. The van der Waals surface area contributed by atoms with Crippen molar-refractivity contribution in [3.8, 4) is 0 Å². The van der Waals surface area contributed by atoms with E-state index in [1.54, 1.807) is 12.1 Å². The molecule has 0 atom stereocenters. The van der Waals surface area contributed by atoms with E-state index in [9.17, 15) is 18.0 Å². The molecule has 0 aromatic heterocycles. The summed E-state index contributed by atoms with van der Waals surface area (Å²) < 4.78 is 27.0. The number of anilines is 1. The first kappa shape index (κ1) is 21.0. The standard InChI is InChI=1S/C21H25N3O4S/c25-20(14-17-8-3-1-4-9-17)22-16-21(26)23-18-10-7-11-19(15-18)29(27,28)24-12-5-2-6-13-24/h1,3-4,7-11,15H,2,5-6,12-14,16H2,(H,22,25)(H,23,26). The number of nitrogens with zero attached hydrogens (tertiary/aromatic N) is 1. The number of rotatable bonds is 7. The second kappa shape index (κ2) is 9.67. The fraction of sp³-hybridized carbons (Fsp3) is 0.333. The van der Waals surface area contributed by atoms with E-state index in [4.69, 9.17) is 0 Å². The highest BCUT2D eigenvalue weighted by atomic mass is 32.2. The highest BCUT2D eigenvalue weighted by Crippen LogP contribution is 2.22. The second-order valence-corrected chi connectivity index (χ2v) is 8.92. The van der Waals surface area contributed by atoms with Crippen molar-refractivity contribution in [2.24, 2.45) is 0 Å². The van der Waals surface area contributed by atoms with Gasteiger partial charge in [-0.25, -0.2) is 8.42 Å². The zero-order valence-electron chi connectivity index (χ0n) is 16.1. The van der Waals surface area contributed by atoms with Gasteiger partial charge in [-0.3, -0.25) is 9.59 Å². The van der Waals surface area contributed by atoms with Crippen LogP contribution in [-0.2, 0) is 26.0 Å². The van der Waals surface area contributed by atoms with Gasteiger partial charge in [0.15, 0.2) is 0 Å². The Morgan fingerprint density at radius 3 is 2.34 bits per heavy atom. The molecule has 1 heterocycles. The molecule has 2 aromatic rings. The van der Waals surface area contributed by atoms with E-state index in [1.807, 2.05) is 30.3 Å². The zero-order chi connectivity index (χ0) is 20.7. The van der Waals surface area contributed by atoms with Gasteiger partial charge < -0.3 is 10.6 Å². The Kier molecular flexibility index (Phi) is 7.00. The number of benzene rings is 2. The van der Waals surface area contributed by atoms with E-state index in [0.29, 0.717) is 18.8 Å². The van der Waals surface area contributed by atoms with E-state index >= 15 is 0 Å². The van der Waals surface area contributed by atoms with Gasteiger partial charge in [0.25, 0.3) is 0 Å². The van der Waals surface area contributed by atoms with E-state index < -0.39 is 15.9 Å². The average molecular weight is 416 g/mol. The van der Waals surface area contributed by atoms with Crippen molar-refractivity contribution >= 4 is 27.5 Å². The minimum absolute atomic E-state index is 0.158. The normalized spacial score (nSPS) is 14.9. The van der Waals surface area contributed by atoms with E-state index in [2.05, 4.69) is 10.6 Å². The van der Waals surface area contributed by atoms with Crippen LogP contribution < -0.4 is 10.6 Å². The Hall–Kier alpha value is -2.71. The van der Waals surface area contributed by atoms with E-state index in [1.165, 1.54) is 16.4 Å². The quantitative estimate of drug-likeness (QED) is 0.724. The summed E-state index contributed by atoms with van der Waals surface area (Å²) in [5.74, 6) is -0.674. The highest BCUT2D eigenvalue weighted by molar-refractivity contribution is 7.89. The van der Waals surface area contributed by atoms with Crippen LogP contribution in [0.3, 0.4) is 0 Å². The maximum Gasteiger partial charge on any atom is 0.243 e. The van der Waals surface area contributed by atoms with Gasteiger partial charge in [0, 0.05) is 18.8 Å². The molecule has 0 spiro atoms. The average Bonchev–Trinajstić information content (AvgIpc) is 2.74. The Morgan fingerprint density at radius 2 is 1.62 bits per heavy atom. The molecule has 154 valence electrons. The third kappa shape index (κ3) is 5.88. The number of piperidine rings is 1. The maximum atomic E-state index is 12.8. The maximum absolute atomic E-state index is 12.8. The molecular formula is C21H25N3O4S. The van der Waals surface area contributed by atoms with Gasteiger partial charge in [0.1, 0.15) is 0 Å². The number of hydrogen-bond acceptors (Lipinski definition) is 4. The summed E-state index contributed by atoms with van der Waals surface area (Å²) in [5.41, 5.74) is 1.24. The van der Waals surface area contributed by atoms with Gasteiger partial charge in [-0.1, -0.05) is 42.8 Å². The molecule has 0 bridgehead atoms. The largest absolute Gasteiger partial charge is 0.347 e. The topological polar surface area (TPSA) is 95.6 Å². The van der Waals surface area contributed by atoms with Crippen molar-refractivity contribution in [3.63, 3.8) is 0 Å². The summed E-state index contributed by atoms with van der Waals surface area (Å²) in [7, 11) is -3.57. The van der Waals surface area contributed by atoms with Crippen LogP contribution in [0, 0.1) is 0 Å². The predicted octanol–water partition coefficient (Wildman–Crippen LogP) is 2.16. The van der Waals surface area contributed by atoms with Crippen molar-refractivity contribution in [2.75, 3.05) is 25.0 Å². The van der Waals surface area contributed by atoms with Crippen molar-refractivity contribution in [1.29, 1.82) is 0 Å². The van der Waals surface area contributed by atoms with Crippen molar-refractivity contribution < 1.29 is 18.0 Å². The molecule has 2 aromatic carbocycles. The summed E-state index contributed by atoms with van der Waals surface area (Å²) in [5, 5.41) is 5.21. The summed E-state index contributed by atoms with van der Waals surface area (Å²) >= 11 is 0. The van der Waals surface area contributed by atoms with Gasteiger partial charge in [-0.15, -0.1) is 0 Å². The van der Waals surface area contributed by atoms with Crippen LogP contribution in [0.4, 0.5) is 5.69 Å². The third-order valence-electron chi connectivity index (χ3n) is 4.72. The Morgan fingerprint density at radius 1 is 0.897 bits per heavy atom. The molecule has 2 N–H and O–H groups in total. The fourth-order valence-electron chi connectivity index (χ4n) is 3.22. The van der Waals surface area contributed by atoms with Crippen molar-refractivity contribution in [3.05, 3.63) is 60.2 Å². The van der Waals surface area contributed by atoms with E-state index in [0.717, 1.165) is 24.8 Å². The van der Waals surface area contributed by atoms with E-state index in [-0.39, 0.29) is 23.8 Å². The van der Waals surface area contributed by atoms with Gasteiger partial charge in [0.05, 0.1) is 17.9 Å². The van der Waals surface area contributed by atoms with Crippen molar-refractivity contribution in [1.82, 2.24) is 9.62 Å². The predicted molar refractivity (Wildman–Crippen MR) is 111 cm³/mol. The lowest BCUT2D eigenvalue weighted by Gasteiger charge is -2.26. The lowest BCUT2D eigenvalue weighted by atomic mass is 10.1. The van der Waals surface area contributed by atoms with Crippen LogP contribution in [0.15, 0.2) is 59.5 Å². The molecule has 1 saturated heterocycles. The van der Waals surface area contributed by atoms with Crippen molar-refractivity contribution in [2.45, 2.75) is 30.6 Å². The second-order valence-electron chi connectivity index (χ2n) is 6.98. The number of sulfonamides is 1. The lowest BCUT2D eigenvalue weighted by molar-refractivity contribution is -0.123. The molecule has 0 saturated carbocycles. The Bertz CT molecular complexity index is 955. The van der Waals surface area contributed by atoms with Gasteiger partial charge in [-0.05, 0) is 36.6 Å². The molecular weight excluding hydrogens is 390 g/mol. The van der Waals surface area contributed by atoms with Crippen LogP contribution in [0.5, 0.6) is 0 Å². The molecule has 7 nitrogen and oxygen atoms in total. The molecule has 3 rings (SSSR count). The van der Waals surface area contributed by atoms with Crippen LogP contribution >= 0.6 is 0 Å². The van der Waals surface area contributed by atoms with Crippen LogP contribution in [0.25, 0.3) is 0 Å². The minimum atomic E-state index is -3.57. The number of hydrogen-bond donors (Lipinski definition) is 2. The number of amides is 2. The summed E-state index contributed by atoms with van der Waals surface area (Å²) in [6, 6.07) is 15.4. The first-order valence-corrected chi connectivity index (χ1v) is 11.1. The molecule has 1 fully saturated rings. The SMILES string of the molecule is O=C(Cc1ccccc1)NCC(=O)Nc1cccc(S(=O)(=O)N2CCCCC2)c1. The zero-order valence-corrected chi connectivity index (χ0v) is 17.0. The van der Waals surface area contributed by atoms with Gasteiger partial charge in [-0.2, -0.15) is 4.31 Å². The smallest absolute Gasteiger partial charge is 0.243 e. The molecule has 29 heavy (non-hydrogen) atoms. The first-order chi connectivity index (χ1) is 13.9. The van der Waals surface area contributed by atoms with Crippen LogP contribution in [-0.4, -0.2) is 44.2 Å². The molecule has 1 aliphatic heterocycles. The number of carbonyl (C=O) groups excluding carboxylic acids is 2. The fourth-order valence-corrected chi connectivity index (χ4v) is 4.78.